The lowest BCUT2D eigenvalue weighted by Crippen LogP contribution is -2.36. The molecule has 1 saturated heterocycles. The first-order chi connectivity index (χ1) is 15.3. The smallest absolute Gasteiger partial charge is 0.433 e. The summed E-state index contributed by atoms with van der Waals surface area (Å²) in [6, 6.07) is 9.55. The highest BCUT2D eigenvalue weighted by molar-refractivity contribution is 5.95. The highest BCUT2D eigenvalue weighted by atomic mass is 19.4. The molecule has 0 N–H and O–H groups in total. The molecule has 5 nitrogen and oxygen atoms in total. The molecule has 8 heteroatoms. The fourth-order valence-electron chi connectivity index (χ4n) is 4.81. The van der Waals surface area contributed by atoms with Gasteiger partial charge in [-0.2, -0.15) is 13.2 Å². The van der Waals surface area contributed by atoms with E-state index in [1.165, 1.54) is 25.8 Å². The van der Waals surface area contributed by atoms with E-state index in [1.54, 1.807) is 4.90 Å². The van der Waals surface area contributed by atoms with E-state index < -0.39 is 11.9 Å². The van der Waals surface area contributed by atoms with Gasteiger partial charge in [-0.1, -0.05) is 18.2 Å². The summed E-state index contributed by atoms with van der Waals surface area (Å²) in [5, 5.41) is 0. The molecule has 0 bridgehead atoms. The molecule has 1 saturated carbocycles. The normalized spacial score (nSPS) is 24.6. The third-order valence-electron chi connectivity index (χ3n) is 6.70. The van der Waals surface area contributed by atoms with Crippen molar-refractivity contribution >= 4 is 5.91 Å². The molecule has 1 aromatic heterocycles. The standard InChI is InChI=1S/C24H25F3N2O3/c1-14-17(8-9-21(28-14)24(25,26)27)23(30)29-10-16(12-31-11-15-6-7-15)19-13-32-20-5-3-2-4-18(20)22(19)29/h2-5,8-9,15-16,19,22H,6-7,10-13H2,1H3/t16-,19-,22-/m0/s1. The summed E-state index contributed by atoms with van der Waals surface area (Å²) >= 11 is 0. The molecule has 5 rings (SSSR count). The van der Waals surface area contributed by atoms with Gasteiger partial charge in [0.15, 0.2) is 0 Å². The molecule has 2 aliphatic heterocycles. The van der Waals surface area contributed by atoms with E-state index in [0.29, 0.717) is 25.7 Å². The zero-order valence-electron chi connectivity index (χ0n) is 17.8. The van der Waals surface area contributed by atoms with Crippen LogP contribution in [0.4, 0.5) is 13.2 Å². The molecular weight excluding hydrogens is 421 g/mol. The van der Waals surface area contributed by atoms with Gasteiger partial charge >= 0.3 is 6.18 Å². The molecule has 32 heavy (non-hydrogen) atoms. The fraction of sp³-hybridized carbons (Fsp3) is 0.500. The second-order valence-electron chi connectivity index (χ2n) is 8.98. The summed E-state index contributed by atoms with van der Waals surface area (Å²) < 4.78 is 51.0. The van der Waals surface area contributed by atoms with Crippen LogP contribution in [0.3, 0.4) is 0 Å². The lowest BCUT2D eigenvalue weighted by Gasteiger charge is -2.34. The number of alkyl halides is 3. The van der Waals surface area contributed by atoms with Crippen LogP contribution in [-0.2, 0) is 10.9 Å². The minimum atomic E-state index is -4.55. The van der Waals surface area contributed by atoms with E-state index >= 15 is 0 Å². The van der Waals surface area contributed by atoms with Crippen molar-refractivity contribution in [3.05, 3.63) is 58.9 Å². The molecule has 0 spiro atoms. The Morgan fingerprint density at radius 2 is 1.97 bits per heavy atom. The Morgan fingerprint density at radius 1 is 1.19 bits per heavy atom. The number of fused-ring (bicyclic) bond motifs is 3. The highest BCUT2D eigenvalue weighted by Crippen LogP contribution is 2.48. The number of nitrogens with zero attached hydrogens (tertiary/aromatic N) is 2. The van der Waals surface area contributed by atoms with Crippen LogP contribution >= 0.6 is 0 Å². The average Bonchev–Trinajstić information content (AvgIpc) is 3.51. The number of hydrogen-bond donors (Lipinski definition) is 0. The van der Waals surface area contributed by atoms with Crippen molar-refractivity contribution in [2.45, 2.75) is 32.0 Å². The van der Waals surface area contributed by atoms with E-state index in [-0.39, 0.29) is 35.0 Å². The van der Waals surface area contributed by atoms with E-state index in [2.05, 4.69) is 4.98 Å². The summed E-state index contributed by atoms with van der Waals surface area (Å²) in [5.41, 5.74) is 0.211. The van der Waals surface area contributed by atoms with E-state index in [1.807, 2.05) is 24.3 Å². The molecule has 1 aromatic carbocycles. The van der Waals surface area contributed by atoms with Crippen molar-refractivity contribution in [1.29, 1.82) is 0 Å². The maximum absolute atomic E-state index is 13.6. The summed E-state index contributed by atoms with van der Waals surface area (Å²) in [7, 11) is 0. The molecule has 170 valence electrons. The Balaban J connectivity index is 1.44. The van der Waals surface area contributed by atoms with Gasteiger partial charge in [0, 0.05) is 30.6 Å². The molecule has 3 heterocycles. The number of carbonyl (C=O) groups is 1. The van der Waals surface area contributed by atoms with Crippen molar-refractivity contribution in [1.82, 2.24) is 9.88 Å². The third-order valence-corrected chi connectivity index (χ3v) is 6.70. The van der Waals surface area contributed by atoms with Crippen LogP contribution in [-0.4, -0.2) is 42.2 Å². The Kier molecular flexibility index (Phi) is 5.35. The number of aryl methyl sites for hydroxylation is 1. The van der Waals surface area contributed by atoms with Gasteiger partial charge in [0.05, 0.1) is 30.5 Å². The molecule has 0 radical (unpaired) electrons. The number of carbonyl (C=O) groups excluding carboxylic acids is 1. The molecule has 1 aliphatic carbocycles. The molecule has 0 unspecified atom stereocenters. The zero-order valence-corrected chi connectivity index (χ0v) is 17.8. The predicted molar refractivity (Wildman–Crippen MR) is 110 cm³/mol. The SMILES string of the molecule is Cc1nc(C(F)(F)F)ccc1C(=O)N1C[C@@H](COCC2CC2)[C@@H]2COc3ccccc3[C@@H]21. The number of rotatable bonds is 5. The van der Waals surface area contributed by atoms with Gasteiger partial charge in [-0.25, -0.2) is 4.98 Å². The quantitative estimate of drug-likeness (QED) is 0.671. The summed E-state index contributed by atoms with van der Waals surface area (Å²) in [6.45, 7) is 3.67. The Bertz CT molecular complexity index is 1020. The Labute approximate surface area is 184 Å². The number of ether oxygens (including phenoxy) is 2. The van der Waals surface area contributed by atoms with Crippen LogP contribution in [0.1, 0.15) is 46.2 Å². The summed E-state index contributed by atoms with van der Waals surface area (Å²) in [4.78, 5) is 19.0. The van der Waals surface area contributed by atoms with Crippen molar-refractivity contribution in [3.8, 4) is 5.75 Å². The number of likely N-dealkylation sites (tertiary alicyclic amines) is 1. The zero-order chi connectivity index (χ0) is 22.5. The van der Waals surface area contributed by atoms with Crippen LogP contribution in [0.25, 0.3) is 0 Å². The Hall–Kier alpha value is -2.61. The molecule has 3 aliphatic rings. The van der Waals surface area contributed by atoms with Crippen molar-refractivity contribution in [2.24, 2.45) is 17.8 Å². The minimum absolute atomic E-state index is 0.0655. The first-order valence-electron chi connectivity index (χ1n) is 11.0. The number of aromatic nitrogens is 1. The number of pyridine rings is 1. The van der Waals surface area contributed by atoms with Gasteiger partial charge in [0.2, 0.25) is 0 Å². The first kappa shape index (κ1) is 21.2. The van der Waals surface area contributed by atoms with Gasteiger partial charge in [-0.05, 0) is 43.9 Å². The largest absolute Gasteiger partial charge is 0.493 e. The van der Waals surface area contributed by atoms with Gasteiger partial charge in [-0.3, -0.25) is 4.79 Å². The molecule has 1 amide bonds. The lowest BCUT2D eigenvalue weighted by molar-refractivity contribution is -0.141. The van der Waals surface area contributed by atoms with Crippen LogP contribution in [0.15, 0.2) is 36.4 Å². The minimum Gasteiger partial charge on any atom is -0.493 e. The van der Waals surface area contributed by atoms with Crippen molar-refractivity contribution in [2.75, 3.05) is 26.4 Å². The van der Waals surface area contributed by atoms with E-state index in [4.69, 9.17) is 9.47 Å². The van der Waals surface area contributed by atoms with Crippen molar-refractivity contribution < 1.29 is 27.4 Å². The Morgan fingerprint density at radius 3 is 2.69 bits per heavy atom. The number of para-hydroxylation sites is 1. The summed E-state index contributed by atoms with van der Waals surface area (Å²) in [5.74, 6) is 1.25. The molecule has 2 aromatic rings. The first-order valence-corrected chi connectivity index (χ1v) is 11.0. The third kappa shape index (κ3) is 3.96. The van der Waals surface area contributed by atoms with E-state index in [0.717, 1.165) is 24.0 Å². The lowest BCUT2D eigenvalue weighted by atomic mass is 9.85. The number of amides is 1. The van der Waals surface area contributed by atoms with Crippen LogP contribution < -0.4 is 4.74 Å². The molecule has 3 atom stereocenters. The van der Waals surface area contributed by atoms with E-state index in [9.17, 15) is 18.0 Å². The molecular formula is C24H25F3N2O3. The predicted octanol–water partition coefficient (Wildman–Crippen LogP) is 4.66. The highest BCUT2D eigenvalue weighted by Gasteiger charge is 2.48. The van der Waals surface area contributed by atoms with Gasteiger partial charge < -0.3 is 14.4 Å². The fourth-order valence-corrected chi connectivity index (χ4v) is 4.81. The molecule has 2 fully saturated rings. The number of benzene rings is 1. The number of halogens is 3. The van der Waals surface area contributed by atoms with Crippen LogP contribution in [0.2, 0.25) is 0 Å². The summed E-state index contributed by atoms with van der Waals surface area (Å²) in [6.07, 6.45) is -2.13. The van der Waals surface area contributed by atoms with Crippen LogP contribution in [0, 0.1) is 24.7 Å². The maximum atomic E-state index is 13.6. The monoisotopic (exact) mass is 446 g/mol. The second kappa shape index (κ2) is 8.06. The van der Waals surface area contributed by atoms with Gasteiger partial charge in [0.1, 0.15) is 11.4 Å². The maximum Gasteiger partial charge on any atom is 0.433 e. The van der Waals surface area contributed by atoms with Crippen LogP contribution in [0.5, 0.6) is 5.75 Å². The van der Waals surface area contributed by atoms with Crippen molar-refractivity contribution in [3.63, 3.8) is 0 Å². The topological polar surface area (TPSA) is 51.7 Å². The van der Waals surface area contributed by atoms with Gasteiger partial charge in [-0.15, -0.1) is 0 Å². The van der Waals surface area contributed by atoms with Gasteiger partial charge in [0.25, 0.3) is 5.91 Å². The second-order valence-corrected chi connectivity index (χ2v) is 8.98. The number of hydrogen-bond acceptors (Lipinski definition) is 4. The average molecular weight is 446 g/mol.